The summed E-state index contributed by atoms with van der Waals surface area (Å²) in [6.45, 7) is 4.58. The van der Waals surface area contributed by atoms with Crippen molar-refractivity contribution in [1.29, 1.82) is 5.26 Å². The number of carbonyl (C=O) groups excluding carboxylic acids is 2. The summed E-state index contributed by atoms with van der Waals surface area (Å²) in [5.74, 6) is 1.04. The van der Waals surface area contributed by atoms with Gasteiger partial charge in [-0.1, -0.05) is 0 Å². The van der Waals surface area contributed by atoms with Gasteiger partial charge in [0, 0.05) is 44.0 Å². The molecular weight excluding hydrogens is 410 g/mol. The van der Waals surface area contributed by atoms with E-state index < -0.39 is 0 Å². The number of hydrogen-bond donors (Lipinski definition) is 0. The first-order valence-electron chi connectivity index (χ1n) is 10.7. The van der Waals surface area contributed by atoms with Gasteiger partial charge in [-0.3, -0.25) is 9.69 Å². The first-order chi connectivity index (χ1) is 15.6. The Kier molecular flexibility index (Phi) is 6.40. The Hall–Kier alpha value is -3.80. The van der Waals surface area contributed by atoms with Gasteiger partial charge in [0.1, 0.15) is 18.4 Å². The van der Waals surface area contributed by atoms with Gasteiger partial charge in [-0.2, -0.15) is 5.26 Å². The number of likely N-dealkylation sites (tertiary alicyclic amines) is 1. The van der Waals surface area contributed by atoms with Gasteiger partial charge in [-0.05, 0) is 37.3 Å². The van der Waals surface area contributed by atoms with Crippen LogP contribution in [0.2, 0.25) is 0 Å². The molecule has 1 atom stereocenters. The number of carbonyl (C=O) groups is 2. The zero-order chi connectivity index (χ0) is 22.5. The minimum atomic E-state index is -0.185. The van der Waals surface area contributed by atoms with Gasteiger partial charge in [0.25, 0.3) is 0 Å². The fourth-order valence-corrected chi connectivity index (χ4v) is 3.89. The van der Waals surface area contributed by atoms with Gasteiger partial charge in [0.15, 0.2) is 0 Å². The van der Waals surface area contributed by atoms with Crippen molar-refractivity contribution in [3.05, 3.63) is 48.2 Å². The van der Waals surface area contributed by atoms with Crippen LogP contribution in [-0.4, -0.2) is 72.2 Å². The average Bonchev–Trinajstić information content (AvgIpc) is 3.42. The Morgan fingerprint density at radius 1 is 1.22 bits per heavy atom. The van der Waals surface area contributed by atoms with Gasteiger partial charge in [-0.15, -0.1) is 0 Å². The lowest BCUT2D eigenvalue weighted by atomic mass is 10.3. The fraction of sp³-hybridized carbons (Fsp3) is 0.391. The Morgan fingerprint density at radius 2 is 2.03 bits per heavy atom. The number of nitriles is 1. The molecule has 3 amide bonds. The summed E-state index contributed by atoms with van der Waals surface area (Å²) in [4.78, 5) is 34.7. The summed E-state index contributed by atoms with van der Waals surface area (Å²) in [6, 6.07) is 12.5. The maximum absolute atomic E-state index is 12.8. The topological polar surface area (TPSA) is 99.0 Å². The summed E-state index contributed by atoms with van der Waals surface area (Å²) in [5.41, 5.74) is 1.26. The van der Waals surface area contributed by atoms with E-state index in [-0.39, 0.29) is 24.6 Å². The number of pyridine rings is 1. The first kappa shape index (κ1) is 21.4. The molecule has 166 valence electrons. The monoisotopic (exact) mass is 435 g/mol. The zero-order valence-electron chi connectivity index (χ0n) is 17.9. The van der Waals surface area contributed by atoms with Crippen LogP contribution in [-0.2, 0) is 4.79 Å². The Balaban J connectivity index is 1.29. The molecule has 32 heavy (non-hydrogen) atoms. The molecule has 0 radical (unpaired) electrons. The van der Waals surface area contributed by atoms with Crippen molar-refractivity contribution in [2.75, 3.05) is 44.2 Å². The number of hydrogen-bond acceptors (Lipinski definition) is 6. The molecule has 0 aliphatic carbocycles. The average molecular weight is 435 g/mol. The standard InChI is InChI=1S/C23H25N5O4/c1-2-31-19-5-3-18(4-6-19)28-12-11-27(23(28)30)16-22(29)26-10-8-20(15-26)32-21-13-17(14-24)7-9-25-21/h3-7,9,13,20H,2,8,10-12,15-16H2,1H3. The van der Waals surface area contributed by atoms with Crippen molar-refractivity contribution in [3.63, 3.8) is 0 Å². The molecular formula is C23H25N5O4. The third-order valence-corrected chi connectivity index (χ3v) is 5.53. The quantitative estimate of drug-likeness (QED) is 0.662. The summed E-state index contributed by atoms with van der Waals surface area (Å²) in [5, 5.41) is 8.99. The van der Waals surface area contributed by atoms with Crippen molar-refractivity contribution in [2.45, 2.75) is 19.4 Å². The molecule has 1 aromatic heterocycles. The Labute approximate surface area is 186 Å². The normalized spacial score (nSPS) is 18.1. The highest BCUT2D eigenvalue weighted by molar-refractivity contribution is 5.96. The molecule has 0 bridgehead atoms. The third-order valence-electron chi connectivity index (χ3n) is 5.53. The number of anilines is 1. The second-order valence-electron chi connectivity index (χ2n) is 7.65. The van der Waals surface area contributed by atoms with Crippen LogP contribution in [0, 0.1) is 11.3 Å². The number of benzene rings is 1. The van der Waals surface area contributed by atoms with Crippen molar-refractivity contribution >= 4 is 17.6 Å². The van der Waals surface area contributed by atoms with E-state index in [1.807, 2.05) is 31.2 Å². The minimum Gasteiger partial charge on any atom is -0.494 e. The molecule has 0 spiro atoms. The van der Waals surface area contributed by atoms with Gasteiger partial charge in [0.2, 0.25) is 11.8 Å². The van der Waals surface area contributed by atoms with E-state index in [9.17, 15) is 9.59 Å². The van der Waals surface area contributed by atoms with Crippen LogP contribution in [0.3, 0.4) is 0 Å². The molecule has 9 heteroatoms. The highest BCUT2D eigenvalue weighted by Crippen LogP contribution is 2.24. The molecule has 4 rings (SSSR count). The van der Waals surface area contributed by atoms with Gasteiger partial charge in [0.05, 0.1) is 24.8 Å². The van der Waals surface area contributed by atoms with Crippen LogP contribution >= 0.6 is 0 Å². The lowest BCUT2D eigenvalue weighted by Crippen LogP contribution is -2.42. The van der Waals surface area contributed by atoms with Crippen LogP contribution in [0.5, 0.6) is 11.6 Å². The van der Waals surface area contributed by atoms with Crippen LogP contribution in [0.4, 0.5) is 10.5 Å². The molecule has 2 aliphatic rings. The largest absolute Gasteiger partial charge is 0.494 e. The number of urea groups is 1. The van der Waals surface area contributed by atoms with Gasteiger partial charge < -0.3 is 19.3 Å². The van der Waals surface area contributed by atoms with Crippen LogP contribution in [0.15, 0.2) is 42.6 Å². The lowest BCUT2D eigenvalue weighted by molar-refractivity contribution is -0.130. The molecule has 2 aliphatic heterocycles. The Morgan fingerprint density at radius 3 is 2.78 bits per heavy atom. The SMILES string of the molecule is CCOc1ccc(N2CCN(CC(=O)N3CCC(Oc4cc(C#N)ccn4)C3)C2=O)cc1. The predicted octanol–water partition coefficient (Wildman–Crippen LogP) is 2.27. The van der Waals surface area contributed by atoms with Crippen LogP contribution in [0.25, 0.3) is 0 Å². The molecule has 0 saturated carbocycles. The number of amides is 3. The minimum absolute atomic E-state index is 0.0429. The second kappa shape index (κ2) is 9.56. The molecule has 1 aromatic carbocycles. The molecule has 3 heterocycles. The van der Waals surface area contributed by atoms with Crippen LogP contribution < -0.4 is 14.4 Å². The number of rotatable bonds is 7. The van der Waals surface area contributed by atoms with Crippen molar-refractivity contribution in [1.82, 2.24) is 14.8 Å². The first-order valence-corrected chi connectivity index (χ1v) is 10.7. The highest BCUT2D eigenvalue weighted by Gasteiger charge is 2.34. The summed E-state index contributed by atoms with van der Waals surface area (Å²) in [6.07, 6.45) is 2.02. The zero-order valence-corrected chi connectivity index (χ0v) is 17.9. The number of nitrogens with zero attached hydrogens (tertiary/aromatic N) is 5. The molecule has 2 saturated heterocycles. The van der Waals surface area contributed by atoms with E-state index >= 15 is 0 Å². The van der Waals surface area contributed by atoms with E-state index in [0.29, 0.717) is 50.7 Å². The van der Waals surface area contributed by atoms with Crippen molar-refractivity contribution < 1.29 is 19.1 Å². The summed E-state index contributed by atoms with van der Waals surface area (Å²) in [7, 11) is 0. The van der Waals surface area contributed by atoms with E-state index in [4.69, 9.17) is 14.7 Å². The van der Waals surface area contributed by atoms with Gasteiger partial charge >= 0.3 is 6.03 Å². The molecule has 0 N–H and O–H groups in total. The fourth-order valence-electron chi connectivity index (χ4n) is 3.89. The third kappa shape index (κ3) is 4.75. The Bertz CT molecular complexity index is 1020. The smallest absolute Gasteiger partial charge is 0.325 e. The van der Waals surface area contributed by atoms with E-state index in [1.54, 1.807) is 26.8 Å². The van der Waals surface area contributed by atoms with E-state index in [0.717, 1.165) is 11.4 Å². The van der Waals surface area contributed by atoms with E-state index in [1.165, 1.54) is 6.20 Å². The highest BCUT2D eigenvalue weighted by atomic mass is 16.5. The van der Waals surface area contributed by atoms with E-state index in [2.05, 4.69) is 11.1 Å². The lowest BCUT2D eigenvalue weighted by Gasteiger charge is -2.22. The molecule has 9 nitrogen and oxygen atoms in total. The van der Waals surface area contributed by atoms with Gasteiger partial charge in [-0.25, -0.2) is 9.78 Å². The maximum atomic E-state index is 12.8. The summed E-state index contributed by atoms with van der Waals surface area (Å²) < 4.78 is 11.3. The molecule has 1 unspecified atom stereocenters. The number of ether oxygens (including phenoxy) is 2. The second-order valence-corrected chi connectivity index (χ2v) is 7.65. The van der Waals surface area contributed by atoms with Crippen molar-refractivity contribution in [2.24, 2.45) is 0 Å². The predicted molar refractivity (Wildman–Crippen MR) is 116 cm³/mol. The maximum Gasteiger partial charge on any atom is 0.325 e. The summed E-state index contributed by atoms with van der Waals surface area (Å²) >= 11 is 0. The van der Waals surface area contributed by atoms with Crippen LogP contribution in [0.1, 0.15) is 18.9 Å². The van der Waals surface area contributed by atoms with Crippen molar-refractivity contribution in [3.8, 4) is 17.7 Å². The molecule has 2 fully saturated rings. The molecule has 2 aromatic rings. The number of aromatic nitrogens is 1.